The van der Waals surface area contributed by atoms with Gasteiger partial charge >= 0.3 is 5.97 Å². The van der Waals surface area contributed by atoms with Crippen LogP contribution < -0.4 is 9.47 Å². The van der Waals surface area contributed by atoms with E-state index in [1.807, 2.05) is 38.1 Å². The van der Waals surface area contributed by atoms with Crippen LogP contribution >= 0.6 is 0 Å². The molecule has 7 nitrogen and oxygen atoms in total. The van der Waals surface area contributed by atoms with E-state index in [4.69, 9.17) is 28.4 Å². The van der Waals surface area contributed by atoms with Crippen molar-refractivity contribution in [2.75, 3.05) is 27.6 Å². The molecule has 0 amide bonds. The molecular weight excluding hydrogens is 436 g/mol. The average molecular weight is 475 g/mol. The predicted molar refractivity (Wildman–Crippen MR) is 130 cm³/mol. The molecule has 1 saturated heterocycles. The summed E-state index contributed by atoms with van der Waals surface area (Å²) in [6.07, 6.45) is 9.59. The second kappa shape index (κ2) is 11.9. The van der Waals surface area contributed by atoms with Crippen molar-refractivity contribution in [2.24, 2.45) is 5.92 Å². The molecule has 2 aliphatic heterocycles. The van der Waals surface area contributed by atoms with Gasteiger partial charge in [0.05, 0.1) is 32.0 Å². The van der Waals surface area contributed by atoms with Crippen molar-refractivity contribution in [1.29, 1.82) is 0 Å². The Kier molecular flexibility index (Phi) is 9.17. The summed E-state index contributed by atoms with van der Waals surface area (Å²) in [4.78, 5) is 13.1. The molecule has 34 heavy (non-hydrogen) atoms. The Morgan fingerprint density at radius 3 is 2.62 bits per heavy atom. The highest BCUT2D eigenvalue weighted by Gasteiger charge is 2.43. The van der Waals surface area contributed by atoms with Gasteiger partial charge < -0.3 is 28.4 Å². The Labute approximate surface area is 203 Å². The quantitative estimate of drug-likeness (QED) is 0.244. The third-order valence-electron chi connectivity index (χ3n) is 6.18. The van der Waals surface area contributed by atoms with Crippen molar-refractivity contribution in [3.05, 3.63) is 41.5 Å². The highest BCUT2D eigenvalue weighted by atomic mass is 16.7. The summed E-state index contributed by atoms with van der Waals surface area (Å²) in [6.45, 7) is 8.86. The van der Waals surface area contributed by atoms with Crippen LogP contribution in [0.15, 0.2) is 30.4 Å². The first-order valence-electron chi connectivity index (χ1n) is 11.9. The van der Waals surface area contributed by atoms with Crippen molar-refractivity contribution >= 4 is 12.0 Å². The maximum Gasteiger partial charge on any atom is 0.342 e. The Hall–Kier alpha value is -2.35. The smallest absolute Gasteiger partial charge is 0.342 e. The fourth-order valence-corrected chi connectivity index (χ4v) is 4.59. The zero-order valence-corrected chi connectivity index (χ0v) is 21.2. The summed E-state index contributed by atoms with van der Waals surface area (Å²) in [7, 11) is 3.12. The number of benzene rings is 1. The number of hydrogen-bond acceptors (Lipinski definition) is 7. The highest BCUT2D eigenvalue weighted by Crippen LogP contribution is 2.40. The third kappa shape index (κ3) is 6.62. The van der Waals surface area contributed by atoms with Gasteiger partial charge in [-0.15, -0.1) is 0 Å². The van der Waals surface area contributed by atoms with Gasteiger partial charge in [0, 0.05) is 25.0 Å². The van der Waals surface area contributed by atoms with Gasteiger partial charge in [-0.05, 0) is 52.2 Å². The van der Waals surface area contributed by atoms with E-state index >= 15 is 0 Å². The number of cyclic esters (lactones) is 1. The highest BCUT2D eigenvalue weighted by molar-refractivity contribution is 5.97. The van der Waals surface area contributed by atoms with Gasteiger partial charge in [-0.2, -0.15) is 0 Å². The fourth-order valence-electron chi connectivity index (χ4n) is 4.59. The number of methoxy groups -OCH3 is 2. The molecule has 2 heterocycles. The summed E-state index contributed by atoms with van der Waals surface area (Å²) in [5, 5.41) is 0. The Balaban J connectivity index is 1.99. The van der Waals surface area contributed by atoms with Crippen molar-refractivity contribution in [2.45, 2.75) is 70.9 Å². The maximum atomic E-state index is 13.1. The van der Waals surface area contributed by atoms with E-state index < -0.39 is 5.97 Å². The first-order chi connectivity index (χ1) is 16.3. The van der Waals surface area contributed by atoms with E-state index in [2.05, 4.69) is 19.9 Å². The van der Waals surface area contributed by atoms with Crippen LogP contribution in [0.25, 0.3) is 6.08 Å². The monoisotopic (exact) mass is 474 g/mol. The number of carbonyl (C=O) groups excluding carboxylic acids is 1. The molecule has 0 N–H and O–H groups in total. The van der Waals surface area contributed by atoms with Gasteiger partial charge in [0.1, 0.15) is 30.0 Å². The van der Waals surface area contributed by atoms with Crippen LogP contribution in [0, 0.1) is 5.92 Å². The molecule has 1 aromatic carbocycles. The number of esters is 1. The number of rotatable bonds is 6. The van der Waals surface area contributed by atoms with Crippen molar-refractivity contribution in [3.63, 3.8) is 0 Å². The lowest BCUT2D eigenvalue weighted by Crippen LogP contribution is -2.30. The number of hydrogen-bond donors (Lipinski definition) is 0. The first kappa shape index (κ1) is 26.3. The minimum absolute atomic E-state index is 0.0363. The Bertz CT molecular complexity index is 889. The van der Waals surface area contributed by atoms with Crippen LogP contribution in [0.1, 0.15) is 62.9 Å². The Morgan fingerprint density at radius 1 is 1.12 bits per heavy atom. The predicted octanol–water partition coefficient (Wildman–Crippen LogP) is 5.18. The lowest BCUT2D eigenvalue weighted by Gasteiger charge is -2.25. The summed E-state index contributed by atoms with van der Waals surface area (Å²) in [6, 6.07) is 3.51. The molecule has 0 aromatic heterocycles. The SMILES string of the molecule is CCOCOC1/C=C\C[C@H](C)OC(=O)c2c(cc(OC)cc2OC)/C=C/C[C@H]2OC(C)(C)C[C@H]12. The first-order valence-corrected chi connectivity index (χ1v) is 11.9. The topological polar surface area (TPSA) is 72.5 Å². The van der Waals surface area contributed by atoms with Crippen LogP contribution in [-0.4, -0.2) is 57.5 Å². The molecule has 3 rings (SSSR count). The summed E-state index contributed by atoms with van der Waals surface area (Å²) in [5.74, 6) is 0.749. The summed E-state index contributed by atoms with van der Waals surface area (Å²) in [5.41, 5.74) is 0.808. The van der Waals surface area contributed by atoms with Gasteiger partial charge in [0.15, 0.2) is 0 Å². The minimum Gasteiger partial charge on any atom is -0.497 e. The van der Waals surface area contributed by atoms with Gasteiger partial charge in [0.25, 0.3) is 0 Å². The molecule has 0 bridgehead atoms. The van der Waals surface area contributed by atoms with E-state index in [9.17, 15) is 4.79 Å². The molecule has 2 aliphatic rings. The lowest BCUT2D eigenvalue weighted by atomic mass is 9.87. The van der Waals surface area contributed by atoms with Gasteiger partial charge in [-0.1, -0.05) is 24.3 Å². The lowest BCUT2D eigenvalue weighted by molar-refractivity contribution is -0.0966. The number of fused-ring (bicyclic) bond motifs is 2. The molecule has 4 atom stereocenters. The fraction of sp³-hybridized carbons (Fsp3) is 0.593. The molecule has 188 valence electrons. The summed E-state index contributed by atoms with van der Waals surface area (Å²) < 4.78 is 34.7. The molecule has 0 aliphatic carbocycles. The molecule has 7 heteroatoms. The van der Waals surface area contributed by atoms with Crippen molar-refractivity contribution in [1.82, 2.24) is 0 Å². The molecule has 0 spiro atoms. The van der Waals surface area contributed by atoms with E-state index in [0.29, 0.717) is 42.1 Å². The number of ether oxygens (including phenoxy) is 6. The normalized spacial score (nSPS) is 28.7. The number of carbonyl (C=O) groups is 1. The molecule has 0 radical (unpaired) electrons. The van der Waals surface area contributed by atoms with E-state index in [0.717, 1.165) is 6.42 Å². The maximum absolute atomic E-state index is 13.1. The van der Waals surface area contributed by atoms with Crippen molar-refractivity contribution < 1.29 is 33.2 Å². The standard InChI is InChI=1S/C27H38O7/c1-7-31-17-32-22-12-8-10-18(2)33-26(28)25-19(14-20(29-5)15-24(25)30-6)11-9-13-23-21(22)16-27(3,4)34-23/h8-9,11-12,14-15,18,21-23H,7,10,13,16-17H2,1-6H3/b11-9+,12-8-/t18-,21+,22?,23+/m0/s1. The van der Waals surface area contributed by atoms with Crippen LogP contribution in [0.5, 0.6) is 11.5 Å². The second-order valence-corrected chi connectivity index (χ2v) is 9.34. The van der Waals surface area contributed by atoms with E-state index in [-0.39, 0.29) is 36.6 Å². The van der Waals surface area contributed by atoms with Crippen LogP contribution in [0.3, 0.4) is 0 Å². The Morgan fingerprint density at radius 2 is 1.91 bits per heavy atom. The van der Waals surface area contributed by atoms with Crippen LogP contribution in [-0.2, 0) is 18.9 Å². The average Bonchev–Trinajstić information content (AvgIpc) is 3.10. The van der Waals surface area contributed by atoms with Gasteiger partial charge in [0.2, 0.25) is 0 Å². The second-order valence-electron chi connectivity index (χ2n) is 9.34. The van der Waals surface area contributed by atoms with E-state index in [1.165, 1.54) is 7.11 Å². The zero-order chi connectivity index (χ0) is 24.7. The molecule has 1 unspecified atom stereocenters. The third-order valence-corrected chi connectivity index (χ3v) is 6.18. The van der Waals surface area contributed by atoms with Gasteiger partial charge in [-0.3, -0.25) is 0 Å². The molecule has 1 aromatic rings. The minimum atomic E-state index is -0.433. The molecular formula is C27H38O7. The molecule has 0 saturated carbocycles. The zero-order valence-electron chi connectivity index (χ0n) is 21.2. The summed E-state index contributed by atoms with van der Waals surface area (Å²) >= 11 is 0. The van der Waals surface area contributed by atoms with Crippen LogP contribution in [0.4, 0.5) is 0 Å². The van der Waals surface area contributed by atoms with E-state index in [1.54, 1.807) is 13.2 Å². The van der Waals surface area contributed by atoms with Gasteiger partial charge in [-0.25, -0.2) is 4.79 Å². The van der Waals surface area contributed by atoms with Crippen molar-refractivity contribution in [3.8, 4) is 11.5 Å². The molecule has 1 fully saturated rings. The van der Waals surface area contributed by atoms with Crippen LogP contribution in [0.2, 0.25) is 0 Å². The largest absolute Gasteiger partial charge is 0.497 e.